The van der Waals surface area contributed by atoms with Gasteiger partial charge in [-0.25, -0.2) is 0 Å². The Hall–Kier alpha value is -1.90. The van der Waals surface area contributed by atoms with Crippen LogP contribution in [0.1, 0.15) is 49.3 Å². The van der Waals surface area contributed by atoms with Crippen LogP contribution in [0.5, 0.6) is 5.75 Å². The minimum absolute atomic E-state index is 0.218. The summed E-state index contributed by atoms with van der Waals surface area (Å²) in [6.07, 6.45) is 0.874. The molecule has 3 heteroatoms. The molecule has 118 valence electrons. The van der Waals surface area contributed by atoms with Crippen LogP contribution in [0.2, 0.25) is 0 Å². The van der Waals surface area contributed by atoms with Crippen molar-refractivity contribution in [3.05, 3.63) is 65.2 Å². The highest BCUT2D eigenvalue weighted by Gasteiger charge is 2.11. The molecular formula is C19H22F2O. The van der Waals surface area contributed by atoms with Gasteiger partial charge in [0.15, 0.2) is 0 Å². The number of ether oxygens (including phenoxy) is 1. The number of halogens is 2. The first-order valence-electron chi connectivity index (χ1n) is 7.59. The van der Waals surface area contributed by atoms with E-state index in [4.69, 9.17) is 0 Å². The molecule has 0 aromatic heterocycles. The van der Waals surface area contributed by atoms with Crippen LogP contribution in [-0.4, -0.2) is 6.61 Å². The highest BCUT2D eigenvalue weighted by atomic mass is 19.3. The highest BCUT2D eigenvalue weighted by Crippen LogP contribution is 2.26. The first kappa shape index (κ1) is 16.5. The van der Waals surface area contributed by atoms with Gasteiger partial charge in [-0.1, -0.05) is 57.2 Å². The molecule has 0 aliphatic heterocycles. The third kappa shape index (κ3) is 4.55. The average Bonchev–Trinajstić information content (AvgIpc) is 2.47. The van der Waals surface area contributed by atoms with Gasteiger partial charge >= 0.3 is 6.61 Å². The Morgan fingerprint density at radius 2 is 1.59 bits per heavy atom. The molecule has 0 saturated carbocycles. The van der Waals surface area contributed by atoms with Crippen molar-refractivity contribution in [2.24, 2.45) is 0 Å². The van der Waals surface area contributed by atoms with Crippen molar-refractivity contribution in [2.75, 3.05) is 0 Å². The smallest absolute Gasteiger partial charge is 0.387 e. The standard InChI is InChI=1S/C19H22F2O/c1-13(2)16-7-4-6-15(11-16)10-14(3)17-8-5-9-18(12-17)22-19(20)21/h4-9,11-14,19H,10H2,1-3H3. The Morgan fingerprint density at radius 3 is 2.27 bits per heavy atom. The van der Waals surface area contributed by atoms with Crippen LogP contribution in [0.15, 0.2) is 48.5 Å². The van der Waals surface area contributed by atoms with Gasteiger partial charge in [0, 0.05) is 0 Å². The van der Waals surface area contributed by atoms with Crippen LogP contribution in [0.3, 0.4) is 0 Å². The molecule has 0 radical (unpaired) electrons. The number of benzene rings is 2. The number of alkyl halides is 2. The van der Waals surface area contributed by atoms with Gasteiger partial charge in [-0.2, -0.15) is 8.78 Å². The summed E-state index contributed by atoms with van der Waals surface area (Å²) in [5, 5.41) is 0. The Labute approximate surface area is 130 Å². The van der Waals surface area contributed by atoms with Crippen molar-refractivity contribution in [2.45, 2.75) is 45.6 Å². The molecule has 2 aromatic rings. The fourth-order valence-corrected chi connectivity index (χ4v) is 2.55. The van der Waals surface area contributed by atoms with Gasteiger partial charge in [0.25, 0.3) is 0 Å². The Kier molecular flexibility index (Phi) is 5.53. The lowest BCUT2D eigenvalue weighted by Gasteiger charge is -2.15. The Balaban J connectivity index is 2.11. The van der Waals surface area contributed by atoms with E-state index in [0.29, 0.717) is 5.92 Å². The molecule has 0 spiro atoms. The molecule has 0 N–H and O–H groups in total. The first-order valence-corrected chi connectivity index (χ1v) is 7.59. The topological polar surface area (TPSA) is 9.23 Å². The molecule has 22 heavy (non-hydrogen) atoms. The van der Waals surface area contributed by atoms with Crippen LogP contribution in [0.4, 0.5) is 8.78 Å². The molecule has 0 fully saturated rings. The molecule has 1 atom stereocenters. The lowest BCUT2D eigenvalue weighted by atomic mass is 9.91. The minimum atomic E-state index is -2.78. The molecule has 0 aliphatic rings. The summed E-state index contributed by atoms with van der Waals surface area (Å²) in [5.74, 6) is 0.956. The molecular weight excluding hydrogens is 282 g/mol. The van der Waals surface area contributed by atoms with Gasteiger partial charge in [-0.15, -0.1) is 0 Å². The molecule has 1 unspecified atom stereocenters. The van der Waals surface area contributed by atoms with Gasteiger partial charge in [0.05, 0.1) is 0 Å². The van der Waals surface area contributed by atoms with Crippen molar-refractivity contribution in [3.63, 3.8) is 0 Å². The summed E-state index contributed by atoms with van der Waals surface area (Å²) in [6, 6.07) is 15.5. The summed E-state index contributed by atoms with van der Waals surface area (Å²) in [6.45, 7) is 3.67. The monoisotopic (exact) mass is 304 g/mol. The van der Waals surface area contributed by atoms with Gasteiger partial charge < -0.3 is 4.74 Å². The van der Waals surface area contributed by atoms with E-state index in [2.05, 4.69) is 49.8 Å². The Bertz CT molecular complexity index is 608. The molecule has 0 heterocycles. The van der Waals surface area contributed by atoms with E-state index in [-0.39, 0.29) is 11.7 Å². The van der Waals surface area contributed by atoms with Gasteiger partial charge in [-0.05, 0) is 47.1 Å². The summed E-state index contributed by atoms with van der Waals surface area (Å²) in [4.78, 5) is 0. The average molecular weight is 304 g/mol. The predicted octanol–water partition coefficient (Wildman–Crippen LogP) is 5.76. The van der Waals surface area contributed by atoms with Crippen molar-refractivity contribution in [3.8, 4) is 5.75 Å². The normalized spacial score (nSPS) is 12.7. The second-order valence-electron chi connectivity index (χ2n) is 5.96. The summed E-state index contributed by atoms with van der Waals surface area (Å²) >= 11 is 0. The first-order chi connectivity index (χ1) is 10.5. The zero-order chi connectivity index (χ0) is 16.1. The van der Waals surface area contributed by atoms with Gasteiger partial charge in [0.1, 0.15) is 5.75 Å². The fraction of sp³-hybridized carbons (Fsp3) is 0.368. The van der Waals surface area contributed by atoms with E-state index >= 15 is 0 Å². The minimum Gasteiger partial charge on any atom is -0.435 e. The summed E-state index contributed by atoms with van der Waals surface area (Å²) < 4.78 is 29.1. The van der Waals surface area contributed by atoms with Crippen LogP contribution < -0.4 is 4.74 Å². The van der Waals surface area contributed by atoms with Crippen LogP contribution in [0, 0.1) is 0 Å². The number of hydrogen-bond donors (Lipinski definition) is 0. The summed E-state index contributed by atoms with van der Waals surface area (Å²) in [7, 11) is 0. The van der Waals surface area contributed by atoms with Gasteiger partial charge in [-0.3, -0.25) is 0 Å². The molecule has 0 amide bonds. The third-order valence-corrected chi connectivity index (χ3v) is 3.81. The van der Waals surface area contributed by atoms with E-state index in [1.54, 1.807) is 18.2 Å². The Morgan fingerprint density at radius 1 is 0.909 bits per heavy atom. The quantitative estimate of drug-likeness (QED) is 0.659. The zero-order valence-corrected chi connectivity index (χ0v) is 13.2. The van der Waals surface area contributed by atoms with E-state index in [1.807, 2.05) is 6.07 Å². The van der Waals surface area contributed by atoms with Crippen molar-refractivity contribution >= 4 is 0 Å². The third-order valence-electron chi connectivity index (χ3n) is 3.81. The maximum absolute atomic E-state index is 12.3. The SMILES string of the molecule is CC(C)c1cccc(CC(C)c2cccc(OC(F)F)c2)c1. The molecule has 1 nitrogen and oxygen atoms in total. The lowest BCUT2D eigenvalue weighted by molar-refractivity contribution is -0.0498. The predicted molar refractivity (Wildman–Crippen MR) is 85.7 cm³/mol. The van der Waals surface area contributed by atoms with E-state index in [9.17, 15) is 8.78 Å². The maximum atomic E-state index is 12.3. The molecule has 0 bridgehead atoms. The second kappa shape index (κ2) is 7.39. The van der Waals surface area contributed by atoms with Crippen LogP contribution in [-0.2, 0) is 6.42 Å². The number of rotatable bonds is 6. The largest absolute Gasteiger partial charge is 0.435 e. The van der Waals surface area contributed by atoms with Crippen molar-refractivity contribution < 1.29 is 13.5 Å². The van der Waals surface area contributed by atoms with Crippen molar-refractivity contribution in [1.82, 2.24) is 0 Å². The lowest BCUT2D eigenvalue weighted by Crippen LogP contribution is -2.04. The molecule has 0 aliphatic carbocycles. The zero-order valence-electron chi connectivity index (χ0n) is 13.2. The fourth-order valence-electron chi connectivity index (χ4n) is 2.55. The second-order valence-corrected chi connectivity index (χ2v) is 5.96. The highest BCUT2D eigenvalue weighted by molar-refractivity contribution is 5.33. The molecule has 2 aromatic carbocycles. The van der Waals surface area contributed by atoms with Crippen LogP contribution >= 0.6 is 0 Å². The van der Waals surface area contributed by atoms with E-state index in [1.165, 1.54) is 11.1 Å². The molecule has 2 rings (SSSR count). The van der Waals surface area contributed by atoms with E-state index < -0.39 is 6.61 Å². The number of hydrogen-bond acceptors (Lipinski definition) is 1. The van der Waals surface area contributed by atoms with E-state index in [0.717, 1.165) is 12.0 Å². The van der Waals surface area contributed by atoms with Crippen LogP contribution in [0.25, 0.3) is 0 Å². The maximum Gasteiger partial charge on any atom is 0.387 e. The summed E-state index contributed by atoms with van der Waals surface area (Å²) in [5.41, 5.74) is 3.59. The molecule has 0 saturated heterocycles. The van der Waals surface area contributed by atoms with Crippen molar-refractivity contribution in [1.29, 1.82) is 0 Å². The van der Waals surface area contributed by atoms with Gasteiger partial charge in [0.2, 0.25) is 0 Å².